The number of rotatable bonds is 3. The molecule has 24 heavy (non-hydrogen) atoms. The predicted molar refractivity (Wildman–Crippen MR) is 90.2 cm³/mol. The van der Waals surface area contributed by atoms with Crippen LogP contribution in [0.2, 0.25) is 5.02 Å². The number of carbonyl (C=O) groups is 2. The van der Waals surface area contributed by atoms with Crippen LogP contribution >= 0.6 is 11.6 Å². The van der Waals surface area contributed by atoms with E-state index in [0.29, 0.717) is 18.0 Å². The minimum absolute atomic E-state index is 0.0595. The van der Waals surface area contributed by atoms with Crippen LogP contribution in [0.25, 0.3) is 0 Å². The second-order valence-corrected chi connectivity index (χ2v) is 7.08. The molecule has 1 unspecified atom stereocenters. The van der Waals surface area contributed by atoms with Crippen LogP contribution < -0.4 is 15.5 Å². The van der Waals surface area contributed by atoms with Crippen LogP contribution in [0.3, 0.4) is 0 Å². The van der Waals surface area contributed by atoms with E-state index in [1.807, 2.05) is 12.1 Å². The first kappa shape index (κ1) is 15.7. The van der Waals surface area contributed by atoms with Gasteiger partial charge < -0.3 is 20.3 Å². The van der Waals surface area contributed by atoms with Gasteiger partial charge in [0.15, 0.2) is 0 Å². The largest absolute Gasteiger partial charge is 0.373 e. The zero-order chi connectivity index (χ0) is 16.7. The van der Waals surface area contributed by atoms with Gasteiger partial charge in [-0.15, -0.1) is 0 Å². The third-order valence-corrected chi connectivity index (χ3v) is 5.29. The Hall–Kier alpha value is -1.79. The number of anilines is 1. The maximum Gasteiger partial charge on any atom is 0.315 e. The van der Waals surface area contributed by atoms with Gasteiger partial charge in [-0.05, 0) is 43.9 Å². The highest BCUT2D eigenvalue weighted by molar-refractivity contribution is 6.31. The van der Waals surface area contributed by atoms with E-state index >= 15 is 0 Å². The molecule has 3 heterocycles. The Bertz CT molecular complexity index is 668. The SMILES string of the molecule is O=C(NC1CCN(c2cccc(Cl)c2)C1=O)N[C@@H]1C[C@H]2CC[C@@H]1O2. The van der Waals surface area contributed by atoms with Gasteiger partial charge in [0.2, 0.25) is 5.91 Å². The van der Waals surface area contributed by atoms with Crippen molar-refractivity contribution in [2.45, 2.75) is 50.0 Å². The summed E-state index contributed by atoms with van der Waals surface area (Å²) in [5, 5.41) is 6.34. The van der Waals surface area contributed by atoms with E-state index in [2.05, 4.69) is 10.6 Å². The molecule has 4 atom stereocenters. The van der Waals surface area contributed by atoms with Gasteiger partial charge in [-0.3, -0.25) is 4.79 Å². The molecular weight excluding hydrogens is 330 g/mol. The molecule has 0 saturated carbocycles. The maximum absolute atomic E-state index is 12.5. The standard InChI is InChI=1S/C17H20ClN3O3/c18-10-2-1-3-11(8-10)21-7-6-13(16(21)22)19-17(23)20-14-9-12-4-5-15(14)24-12/h1-3,8,12-15H,4-7,9H2,(H2,19,20,23)/t12-,13?,14-,15+/m1/s1. The number of nitrogens with zero attached hydrogens (tertiary/aromatic N) is 1. The van der Waals surface area contributed by atoms with E-state index in [1.165, 1.54) is 0 Å². The van der Waals surface area contributed by atoms with Crippen molar-refractivity contribution < 1.29 is 14.3 Å². The number of urea groups is 1. The molecule has 2 bridgehead atoms. The number of ether oxygens (including phenoxy) is 1. The molecule has 2 N–H and O–H groups in total. The van der Waals surface area contributed by atoms with Crippen LogP contribution in [0, 0.1) is 0 Å². The van der Waals surface area contributed by atoms with Crippen molar-refractivity contribution in [3.63, 3.8) is 0 Å². The highest BCUT2D eigenvalue weighted by Crippen LogP contribution is 2.34. The predicted octanol–water partition coefficient (Wildman–Crippen LogP) is 2.06. The number of carbonyl (C=O) groups excluding carboxylic acids is 2. The molecule has 3 aliphatic rings. The van der Waals surface area contributed by atoms with Gasteiger partial charge in [-0.25, -0.2) is 4.79 Å². The molecule has 0 aromatic heterocycles. The topological polar surface area (TPSA) is 70.7 Å². The summed E-state index contributed by atoms with van der Waals surface area (Å²) >= 11 is 5.99. The summed E-state index contributed by atoms with van der Waals surface area (Å²) in [6.45, 7) is 0.571. The second-order valence-electron chi connectivity index (χ2n) is 6.64. The van der Waals surface area contributed by atoms with Crippen LogP contribution in [0.15, 0.2) is 24.3 Å². The van der Waals surface area contributed by atoms with Crippen LogP contribution in [-0.2, 0) is 9.53 Å². The highest BCUT2D eigenvalue weighted by atomic mass is 35.5. The number of hydrogen-bond donors (Lipinski definition) is 2. The zero-order valence-electron chi connectivity index (χ0n) is 13.2. The fourth-order valence-electron chi connectivity index (χ4n) is 3.87. The van der Waals surface area contributed by atoms with Crippen molar-refractivity contribution >= 4 is 29.2 Å². The van der Waals surface area contributed by atoms with E-state index in [-0.39, 0.29) is 30.2 Å². The lowest BCUT2D eigenvalue weighted by Gasteiger charge is -2.22. The lowest BCUT2D eigenvalue weighted by Crippen LogP contribution is -2.51. The van der Waals surface area contributed by atoms with Crippen molar-refractivity contribution in [2.75, 3.05) is 11.4 Å². The summed E-state index contributed by atoms with van der Waals surface area (Å²) in [6.07, 6.45) is 3.95. The number of halogens is 1. The Labute approximate surface area is 145 Å². The van der Waals surface area contributed by atoms with Crippen LogP contribution in [-0.4, -0.2) is 42.8 Å². The Kier molecular flexibility index (Phi) is 4.10. The van der Waals surface area contributed by atoms with Crippen LogP contribution in [0.1, 0.15) is 25.7 Å². The van der Waals surface area contributed by atoms with Gasteiger partial charge in [0.05, 0.1) is 18.2 Å². The molecule has 1 aromatic rings. The molecule has 0 radical (unpaired) electrons. The van der Waals surface area contributed by atoms with Gasteiger partial charge in [-0.2, -0.15) is 0 Å². The molecule has 3 amide bonds. The van der Waals surface area contributed by atoms with Gasteiger partial charge in [0, 0.05) is 17.3 Å². The van der Waals surface area contributed by atoms with Gasteiger partial charge in [0.25, 0.3) is 0 Å². The molecule has 0 spiro atoms. The minimum Gasteiger partial charge on any atom is -0.373 e. The van der Waals surface area contributed by atoms with Crippen molar-refractivity contribution in [2.24, 2.45) is 0 Å². The number of nitrogens with one attached hydrogen (secondary N) is 2. The van der Waals surface area contributed by atoms with E-state index in [4.69, 9.17) is 16.3 Å². The summed E-state index contributed by atoms with van der Waals surface area (Å²) in [7, 11) is 0. The monoisotopic (exact) mass is 349 g/mol. The number of benzene rings is 1. The minimum atomic E-state index is -0.497. The van der Waals surface area contributed by atoms with Gasteiger partial charge >= 0.3 is 6.03 Å². The summed E-state index contributed by atoms with van der Waals surface area (Å²) in [4.78, 5) is 26.4. The average molecular weight is 350 g/mol. The van der Waals surface area contributed by atoms with Crippen molar-refractivity contribution in [3.8, 4) is 0 Å². The van der Waals surface area contributed by atoms with Crippen molar-refractivity contribution in [1.29, 1.82) is 0 Å². The third kappa shape index (κ3) is 2.96. The first-order valence-corrected chi connectivity index (χ1v) is 8.77. The van der Waals surface area contributed by atoms with Crippen LogP contribution in [0.5, 0.6) is 0 Å². The smallest absolute Gasteiger partial charge is 0.315 e. The first-order chi connectivity index (χ1) is 11.6. The quantitative estimate of drug-likeness (QED) is 0.877. The number of fused-ring (bicyclic) bond motifs is 2. The first-order valence-electron chi connectivity index (χ1n) is 8.39. The Morgan fingerprint density at radius 1 is 1.25 bits per heavy atom. The van der Waals surface area contributed by atoms with E-state index in [0.717, 1.165) is 24.9 Å². The molecule has 7 heteroatoms. The van der Waals surface area contributed by atoms with Gasteiger partial charge in [0.1, 0.15) is 6.04 Å². The highest BCUT2D eigenvalue weighted by Gasteiger charge is 2.42. The summed E-state index contributed by atoms with van der Waals surface area (Å²) < 4.78 is 5.73. The summed E-state index contributed by atoms with van der Waals surface area (Å²) in [5.74, 6) is -0.100. The fraction of sp³-hybridized carbons (Fsp3) is 0.529. The van der Waals surface area contributed by atoms with Crippen molar-refractivity contribution in [3.05, 3.63) is 29.3 Å². The Morgan fingerprint density at radius 3 is 2.83 bits per heavy atom. The van der Waals surface area contributed by atoms with E-state index < -0.39 is 6.04 Å². The summed E-state index contributed by atoms with van der Waals surface area (Å²) in [5.41, 5.74) is 0.763. The maximum atomic E-state index is 12.5. The zero-order valence-corrected chi connectivity index (χ0v) is 14.0. The summed E-state index contributed by atoms with van der Waals surface area (Å²) in [6, 6.07) is 6.46. The van der Waals surface area contributed by atoms with Gasteiger partial charge in [-0.1, -0.05) is 17.7 Å². The second kappa shape index (κ2) is 6.26. The molecule has 3 fully saturated rings. The van der Waals surface area contributed by atoms with E-state index in [1.54, 1.807) is 17.0 Å². The Balaban J connectivity index is 1.34. The molecule has 1 aromatic carbocycles. The average Bonchev–Trinajstić information content (AvgIpc) is 3.24. The molecule has 4 rings (SSSR count). The third-order valence-electron chi connectivity index (χ3n) is 5.05. The molecule has 6 nitrogen and oxygen atoms in total. The fourth-order valence-corrected chi connectivity index (χ4v) is 4.06. The molecule has 3 saturated heterocycles. The number of amides is 3. The van der Waals surface area contributed by atoms with Crippen molar-refractivity contribution in [1.82, 2.24) is 10.6 Å². The molecular formula is C17H20ClN3O3. The lowest BCUT2D eigenvalue weighted by molar-refractivity contribution is -0.118. The van der Waals surface area contributed by atoms with Crippen LogP contribution in [0.4, 0.5) is 10.5 Å². The lowest BCUT2D eigenvalue weighted by atomic mass is 9.96. The number of hydrogen-bond acceptors (Lipinski definition) is 3. The normalized spacial score (nSPS) is 31.5. The molecule has 0 aliphatic carbocycles. The van der Waals surface area contributed by atoms with E-state index in [9.17, 15) is 9.59 Å². The molecule has 128 valence electrons. The molecule has 3 aliphatic heterocycles. The Morgan fingerprint density at radius 2 is 2.12 bits per heavy atom.